The zero-order chi connectivity index (χ0) is 9.40. The summed E-state index contributed by atoms with van der Waals surface area (Å²) in [6, 6.07) is 0. The molecule has 0 rings (SSSR count). The third-order valence-corrected chi connectivity index (χ3v) is 2.03. The number of carbonyl (C=O) groups excluding carboxylic acids is 1. The van der Waals surface area contributed by atoms with E-state index < -0.39 is 0 Å². The van der Waals surface area contributed by atoms with Crippen LogP contribution in [0.25, 0.3) is 0 Å². The fourth-order valence-electron chi connectivity index (χ4n) is 1.11. The number of carbonyl (C=O) groups is 1. The molecule has 72 valence electrons. The predicted molar refractivity (Wildman–Crippen MR) is 51.0 cm³/mol. The minimum atomic E-state index is 0.190. The van der Waals surface area contributed by atoms with Crippen LogP contribution in [0.1, 0.15) is 26.7 Å². The second kappa shape index (κ2) is 7.10. The molecule has 2 N–H and O–H groups in total. The van der Waals surface area contributed by atoms with Gasteiger partial charge in [0.2, 0.25) is 5.91 Å². The van der Waals surface area contributed by atoms with Crippen LogP contribution in [0.15, 0.2) is 0 Å². The molecule has 0 aliphatic heterocycles. The Bertz CT molecular complexity index is 122. The molecule has 0 radical (unpaired) electrons. The van der Waals surface area contributed by atoms with E-state index in [0.29, 0.717) is 0 Å². The van der Waals surface area contributed by atoms with Crippen LogP contribution < -0.4 is 10.6 Å². The second-order valence-corrected chi connectivity index (χ2v) is 2.91. The van der Waals surface area contributed by atoms with Crippen molar-refractivity contribution in [1.29, 1.82) is 0 Å². The highest BCUT2D eigenvalue weighted by Crippen LogP contribution is 2.06. The maximum absolute atomic E-state index is 11.3. The first-order valence-electron chi connectivity index (χ1n) is 4.68. The van der Waals surface area contributed by atoms with Crippen molar-refractivity contribution in [1.82, 2.24) is 10.6 Å². The third kappa shape index (κ3) is 4.34. The van der Waals surface area contributed by atoms with Gasteiger partial charge < -0.3 is 10.6 Å². The monoisotopic (exact) mass is 172 g/mol. The molecule has 0 saturated carbocycles. The van der Waals surface area contributed by atoms with Crippen LogP contribution in [0.2, 0.25) is 0 Å². The summed E-state index contributed by atoms with van der Waals surface area (Å²) in [4.78, 5) is 11.3. The molecular weight excluding hydrogens is 152 g/mol. The Balaban J connectivity index is 3.54. The van der Waals surface area contributed by atoms with Crippen molar-refractivity contribution in [2.45, 2.75) is 26.7 Å². The third-order valence-electron chi connectivity index (χ3n) is 2.03. The Kier molecular flexibility index (Phi) is 6.76. The van der Waals surface area contributed by atoms with Gasteiger partial charge in [-0.1, -0.05) is 13.8 Å². The van der Waals surface area contributed by atoms with Gasteiger partial charge in [-0.3, -0.25) is 4.79 Å². The molecule has 0 saturated heterocycles. The van der Waals surface area contributed by atoms with E-state index in [0.717, 1.165) is 25.9 Å². The number of hydrogen-bond donors (Lipinski definition) is 2. The molecule has 12 heavy (non-hydrogen) atoms. The average Bonchev–Trinajstić information content (AvgIpc) is 2.07. The van der Waals surface area contributed by atoms with Gasteiger partial charge in [0.15, 0.2) is 0 Å². The summed E-state index contributed by atoms with van der Waals surface area (Å²) in [6.45, 7) is 5.66. The summed E-state index contributed by atoms with van der Waals surface area (Å²) in [5.74, 6) is 0.386. The van der Waals surface area contributed by atoms with E-state index in [1.54, 1.807) is 0 Å². The largest absolute Gasteiger partial charge is 0.355 e. The number of nitrogens with one attached hydrogen (secondary N) is 2. The summed E-state index contributed by atoms with van der Waals surface area (Å²) < 4.78 is 0. The summed E-state index contributed by atoms with van der Waals surface area (Å²) in [5.41, 5.74) is 0. The van der Waals surface area contributed by atoms with E-state index in [9.17, 15) is 4.79 Å². The zero-order valence-electron chi connectivity index (χ0n) is 8.31. The van der Waals surface area contributed by atoms with Crippen molar-refractivity contribution in [3.8, 4) is 0 Å². The van der Waals surface area contributed by atoms with Gasteiger partial charge in [0.05, 0.1) is 0 Å². The SMILES string of the molecule is CCC(CC)C(=O)NCCNC. The molecule has 0 aliphatic rings. The minimum Gasteiger partial charge on any atom is -0.355 e. The first-order chi connectivity index (χ1) is 5.76. The lowest BCUT2D eigenvalue weighted by molar-refractivity contribution is -0.125. The van der Waals surface area contributed by atoms with Gasteiger partial charge in [-0.25, -0.2) is 0 Å². The normalized spacial score (nSPS) is 10.3. The summed E-state index contributed by atoms with van der Waals surface area (Å²) >= 11 is 0. The van der Waals surface area contributed by atoms with Gasteiger partial charge in [0.1, 0.15) is 0 Å². The fraction of sp³-hybridized carbons (Fsp3) is 0.889. The zero-order valence-corrected chi connectivity index (χ0v) is 8.31. The molecule has 0 aromatic carbocycles. The van der Waals surface area contributed by atoms with E-state index >= 15 is 0 Å². The topological polar surface area (TPSA) is 41.1 Å². The summed E-state index contributed by atoms with van der Waals surface area (Å²) in [5, 5.41) is 5.87. The Morgan fingerprint density at radius 1 is 1.25 bits per heavy atom. The summed E-state index contributed by atoms with van der Waals surface area (Å²) in [6.07, 6.45) is 1.86. The molecule has 3 heteroatoms. The maximum Gasteiger partial charge on any atom is 0.223 e. The van der Waals surface area contributed by atoms with Gasteiger partial charge in [0.25, 0.3) is 0 Å². The van der Waals surface area contributed by atoms with Crippen molar-refractivity contribution in [3.05, 3.63) is 0 Å². The molecule has 1 amide bonds. The van der Waals surface area contributed by atoms with Crippen molar-refractivity contribution >= 4 is 5.91 Å². The van der Waals surface area contributed by atoms with Crippen LogP contribution in [0.5, 0.6) is 0 Å². The first-order valence-corrected chi connectivity index (χ1v) is 4.68. The number of hydrogen-bond acceptors (Lipinski definition) is 2. The van der Waals surface area contributed by atoms with Crippen molar-refractivity contribution in [2.24, 2.45) is 5.92 Å². The van der Waals surface area contributed by atoms with E-state index in [1.807, 2.05) is 20.9 Å². The van der Waals surface area contributed by atoms with Crippen LogP contribution in [0.3, 0.4) is 0 Å². The summed E-state index contributed by atoms with van der Waals surface area (Å²) in [7, 11) is 1.88. The fourth-order valence-corrected chi connectivity index (χ4v) is 1.11. The Morgan fingerprint density at radius 3 is 2.25 bits per heavy atom. The van der Waals surface area contributed by atoms with Crippen molar-refractivity contribution in [2.75, 3.05) is 20.1 Å². The molecule has 0 atom stereocenters. The molecule has 0 bridgehead atoms. The number of rotatable bonds is 6. The molecule has 0 unspecified atom stereocenters. The lowest BCUT2D eigenvalue weighted by atomic mass is 10.0. The van der Waals surface area contributed by atoms with Gasteiger partial charge in [-0.2, -0.15) is 0 Å². The highest BCUT2D eigenvalue weighted by Gasteiger charge is 2.12. The molecular formula is C9H20N2O. The lowest BCUT2D eigenvalue weighted by Crippen LogP contribution is -2.34. The predicted octanol–water partition coefficient (Wildman–Crippen LogP) is 0.758. The number of amides is 1. The van der Waals surface area contributed by atoms with Gasteiger partial charge in [-0.15, -0.1) is 0 Å². The van der Waals surface area contributed by atoms with E-state index in [4.69, 9.17) is 0 Å². The van der Waals surface area contributed by atoms with Crippen LogP contribution in [0.4, 0.5) is 0 Å². The molecule has 0 fully saturated rings. The standard InChI is InChI=1S/C9H20N2O/c1-4-8(5-2)9(12)11-7-6-10-3/h8,10H,4-7H2,1-3H3,(H,11,12). The lowest BCUT2D eigenvalue weighted by Gasteiger charge is -2.12. The smallest absolute Gasteiger partial charge is 0.223 e. The minimum absolute atomic E-state index is 0.190. The molecule has 0 heterocycles. The second-order valence-electron chi connectivity index (χ2n) is 2.91. The maximum atomic E-state index is 11.3. The number of likely N-dealkylation sites (N-methyl/N-ethyl adjacent to an activating group) is 1. The van der Waals surface area contributed by atoms with Gasteiger partial charge in [-0.05, 0) is 19.9 Å². The highest BCUT2D eigenvalue weighted by molar-refractivity contribution is 5.78. The van der Waals surface area contributed by atoms with Crippen LogP contribution in [-0.2, 0) is 4.79 Å². The average molecular weight is 172 g/mol. The Hall–Kier alpha value is -0.570. The van der Waals surface area contributed by atoms with E-state index in [1.165, 1.54) is 0 Å². The van der Waals surface area contributed by atoms with Gasteiger partial charge >= 0.3 is 0 Å². The molecule has 0 aliphatic carbocycles. The Labute approximate surface area is 74.9 Å². The quantitative estimate of drug-likeness (QED) is 0.581. The van der Waals surface area contributed by atoms with Crippen molar-refractivity contribution < 1.29 is 4.79 Å². The molecule has 3 nitrogen and oxygen atoms in total. The molecule has 0 spiro atoms. The van der Waals surface area contributed by atoms with Crippen LogP contribution in [-0.4, -0.2) is 26.0 Å². The van der Waals surface area contributed by atoms with Crippen LogP contribution >= 0.6 is 0 Å². The van der Waals surface area contributed by atoms with Crippen molar-refractivity contribution in [3.63, 3.8) is 0 Å². The first kappa shape index (κ1) is 11.4. The molecule has 0 aromatic rings. The van der Waals surface area contributed by atoms with E-state index in [-0.39, 0.29) is 11.8 Å². The van der Waals surface area contributed by atoms with Crippen LogP contribution in [0, 0.1) is 5.92 Å². The Morgan fingerprint density at radius 2 is 1.83 bits per heavy atom. The van der Waals surface area contributed by atoms with Gasteiger partial charge in [0, 0.05) is 19.0 Å². The highest BCUT2D eigenvalue weighted by atomic mass is 16.1. The van der Waals surface area contributed by atoms with E-state index in [2.05, 4.69) is 10.6 Å². The molecule has 0 aromatic heterocycles.